The normalized spacial score (nSPS) is 23.1. The third kappa shape index (κ3) is 7.41. The number of carbonyl (C=O) groups is 3. The molecule has 2 aliphatic heterocycles. The average molecular weight is 517 g/mol. The van der Waals surface area contributed by atoms with Gasteiger partial charge in [0.05, 0.1) is 12.3 Å². The van der Waals surface area contributed by atoms with Crippen LogP contribution >= 0.6 is 0 Å². The topological polar surface area (TPSA) is 109 Å². The van der Waals surface area contributed by atoms with Crippen molar-refractivity contribution in [2.24, 2.45) is 5.92 Å². The van der Waals surface area contributed by atoms with E-state index >= 15 is 4.39 Å². The Morgan fingerprint density at radius 1 is 1.19 bits per heavy atom. The zero-order chi connectivity index (χ0) is 26.2. The van der Waals surface area contributed by atoms with Crippen molar-refractivity contribution in [2.75, 3.05) is 39.3 Å². The summed E-state index contributed by atoms with van der Waals surface area (Å²) in [5, 5.41) is 5.50. The molecule has 0 saturated carbocycles. The van der Waals surface area contributed by atoms with Gasteiger partial charge in [-0.1, -0.05) is 19.8 Å². The van der Waals surface area contributed by atoms with Crippen LogP contribution in [-0.2, 0) is 14.3 Å². The molecule has 2 saturated heterocycles. The maximum atomic E-state index is 15.1. The summed E-state index contributed by atoms with van der Waals surface area (Å²) in [6, 6.07) is -0.498. The van der Waals surface area contributed by atoms with Crippen LogP contribution in [0.15, 0.2) is 42.0 Å². The minimum absolute atomic E-state index is 0.0668. The number of imide groups is 1. The number of nitrogens with zero attached hydrogens (tertiary/aromatic N) is 4. The Morgan fingerprint density at radius 3 is 2.70 bits per heavy atom. The van der Waals surface area contributed by atoms with Crippen molar-refractivity contribution in [1.82, 2.24) is 30.0 Å². The Balaban J connectivity index is 1.13. The number of allylic oxidation sites excluding steroid dienone is 4. The van der Waals surface area contributed by atoms with E-state index < -0.39 is 12.1 Å². The van der Waals surface area contributed by atoms with E-state index in [1.165, 1.54) is 17.0 Å². The molecule has 2 N–H and O–H groups in total. The molecule has 3 heterocycles. The average Bonchev–Trinajstić information content (AvgIpc) is 3.43. The van der Waals surface area contributed by atoms with Gasteiger partial charge in [0.2, 0.25) is 11.8 Å². The summed E-state index contributed by atoms with van der Waals surface area (Å²) < 4.78 is 21.6. The minimum atomic E-state index is -0.498. The highest BCUT2D eigenvalue weighted by Gasteiger charge is 2.31. The molecule has 0 spiro atoms. The summed E-state index contributed by atoms with van der Waals surface area (Å²) in [4.78, 5) is 43.6. The van der Waals surface area contributed by atoms with Crippen molar-refractivity contribution in [3.8, 4) is 0 Å². The second kappa shape index (κ2) is 12.8. The Hall–Kier alpha value is -3.21. The van der Waals surface area contributed by atoms with Crippen LogP contribution in [0.2, 0.25) is 0 Å². The first kappa shape index (κ1) is 26.8. The number of imidazole rings is 1. The highest BCUT2D eigenvalue weighted by molar-refractivity contribution is 6.00. The zero-order valence-corrected chi connectivity index (χ0v) is 21.5. The maximum absolute atomic E-state index is 15.1. The third-order valence-corrected chi connectivity index (χ3v) is 7.23. The van der Waals surface area contributed by atoms with Crippen molar-refractivity contribution >= 4 is 17.9 Å². The molecule has 1 aromatic rings. The van der Waals surface area contributed by atoms with Gasteiger partial charge in [-0.25, -0.2) is 18.7 Å². The molecule has 2 fully saturated rings. The lowest BCUT2D eigenvalue weighted by Gasteiger charge is -2.39. The number of ether oxygens (including phenoxy) is 1. The van der Waals surface area contributed by atoms with E-state index in [0.29, 0.717) is 31.6 Å². The van der Waals surface area contributed by atoms with Crippen LogP contribution in [-0.4, -0.2) is 82.6 Å². The predicted octanol–water partition coefficient (Wildman–Crippen LogP) is 2.55. The molecule has 37 heavy (non-hydrogen) atoms. The van der Waals surface area contributed by atoms with Crippen molar-refractivity contribution < 1.29 is 23.5 Å². The van der Waals surface area contributed by atoms with Gasteiger partial charge in [0.1, 0.15) is 18.2 Å². The first-order valence-electron chi connectivity index (χ1n) is 13.2. The molecule has 2 unspecified atom stereocenters. The van der Waals surface area contributed by atoms with Gasteiger partial charge in [0.15, 0.2) is 0 Å². The second-order valence-corrected chi connectivity index (χ2v) is 9.97. The fraction of sp³-hybridized carbons (Fsp3) is 0.615. The van der Waals surface area contributed by atoms with Crippen LogP contribution in [0.25, 0.3) is 0 Å². The Kier molecular flexibility index (Phi) is 9.32. The fourth-order valence-electron chi connectivity index (χ4n) is 4.99. The van der Waals surface area contributed by atoms with Crippen LogP contribution in [0.1, 0.15) is 51.9 Å². The van der Waals surface area contributed by atoms with Gasteiger partial charge in [-0.15, -0.1) is 0 Å². The smallest absolute Gasteiger partial charge is 0.419 e. The summed E-state index contributed by atoms with van der Waals surface area (Å²) in [6.07, 6.45) is 11.0. The maximum Gasteiger partial charge on any atom is 0.419 e. The first-order valence-corrected chi connectivity index (χ1v) is 13.2. The van der Waals surface area contributed by atoms with Crippen LogP contribution < -0.4 is 10.6 Å². The van der Waals surface area contributed by atoms with Crippen LogP contribution in [0, 0.1) is 5.92 Å². The molecule has 0 radical (unpaired) electrons. The van der Waals surface area contributed by atoms with Gasteiger partial charge in [-0.2, -0.15) is 0 Å². The number of unbranched alkanes of at least 4 members (excludes halogenated alkanes) is 3. The molecule has 3 aliphatic rings. The van der Waals surface area contributed by atoms with Gasteiger partial charge in [0, 0.05) is 56.6 Å². The van der Waals surface area contributed by atoms with E-state index in [0.717, 1.165) is 64.1 Å². The number of rotatable bonds is 10. The Labute approximate surface area is 216 Å². The predicted molar refractivity (Wildman–Crippen MR) is 135 cm³/mol. The number of aromatic nitrogens is 2. The summed E-state index contributed by atoms with van der Waals surface area (Å²) in [7, 11) is 0. The number of piperazine rings is 1. The van der Waals surface area contributed by atoms with Crippen molar-refractivity contribution in [3.05, 3.63) is 42.0 Å². The van der Waals surface area contributed by atoms with Gasteiger partial charge in [-0.3, -0.25) is 19.8 Å². The van der Waals surface area contributed by atoms with Crippen molar-refractivity contribution in [1.29, 1.82) is 0 Å². The zero-order valence-electron chi connectivity index (χ0n) is 21.5. The van der Waals surface area contributed by atoms with Gasteiger partial charge in [-0.05, 0) is 38.3 Å². The lowest BCUT2D eigenvalue weighted by molar-refractivity contribution is -0.134. The summed E-state index contributed by atoms with van der Waals surface area (Å²) in [5.41, 5.74) is 1.46. The number of amides is 2. The van der Waals surface area contributed by atoms with Crippen molar-refractivity contribution in [2.45, 2.75) is 57.9 Å². The Bertz CT molecular complexity index is 1020. The fourth-order valence-corrected chi connectivity index (χ4v) is 4.99. The third-order valence-electron chi connectivity index (χ3n) is 7.23. The lowest BCUT2D eigenvalue weighted by Crippen LogP contribution is -2.51. The minimum Gasteiger partial charge on any atom is -0.449 e. The molecule has 2 amide bonds. The van der Waals surface area contributed by atoms with Crippen LogP contribution in [0.3, 0.4) is 0 Å². The van der Waals surface area contributed by atoms with E-state index in [4.69, 9.17) is 4.74 Å². The van der Waals surface area contributed by atoms with Gasteiger partial charge in [0.25, 0.3) is 0 Å². The number of piperidine rings is 1. The van der Waals surface area contributed by atoms with E-state index in [2.05, 4.69) is 25.4 Å². The van der Waals surface area contributed by atoms with Crippen molar-refractivity contribution in [3.63, 3.8) is 0 Å². The molecule has 202 valence electrons. The molecule has 4 rings (SSSR count). The number of carbonyl (C=O) groups excluding carboxylic acids is 3. The number of hydrogen-bond acceptors (Lipinski definition) is 8. The van der Waals surface area contributed by atoms with Crippen LogP contribution in [0.4, 0.5) is 9.18 Å². The summed E-state index contributed by atoms with van der Waals surface area (Å²) in [6.45, 7) is 6.85. The summed E-state index contributed by atoms with van der Waals surface area (Å²) in [5.74, 6) is -0.775. The number of halogens is 1. The van der Waals surface area contributed by atoms with E-state index in [9.17, 15) is 14.4 Å². The molecule has 1 aromatic heterocycles. The molecule has 0 aromatic carbocycles. The van der Waals surface area contributed by atoms with Crippen LogP contribution in [0.5, 0.6) is 0 Å². The molecule has 0 bridgehead atoms. The molecule has 2 atom stereocenters. The number of hydrogen-bond donors (Lipinski definition) is 2. The van der Waals surface area contributed by atoms with E-state index in [-0.39, 0.29) is 23.6 Å². The summed E-state index contributed by atoms with van der Waals surface area (Å²) >= 11 is 0. The largest absolute Gasteiger partial charge is 0.449 e. The molecule has 1 aliphatic carbocycles. The van der Waals surface area contributed by atoms with E-state index in [1.54, 1.807) is 12.4 Å². The monoisotopic (exact) mass is 516 g/mol. The first-order chi connectivity index (χ1) is 17.9. The molecular formula is C26H37FN6O4. The van der Waals surface area contributed by atoms with Gasteiger partial charge >= 0.3 is 6.09 Å². The highest BCUT2D eigenvalue weighted by atomic mass is 19.1. The Morgan fingerprint density at radius 2 is 1.97 bits per heavy atom. The van der Waals surface area contributed by atoms with E-state index in [1.807, 2.05) is 6.92 Å². The molecule has 10 nitrogen and oxygen atoms in total. The lowest BCUT2D eigenvalue weighted by atomic mass is 9.93. The highest BCUT2D eigenvalue weighted by Crippen LogP contribution is 2.32. The molecular weight excluding hydrogens is 479 g/mol. The quantitative estimate of drug-likeness (QED) is 0.361. The number of nitrogens with one attached hydrogen (secondary N) is 2. The second-order valence-electron chi connectivity index (χ2n) is 9.97. The molecule has 11 heteroatoms. The SMILES string of the molecule is CC1CC(N2CCN(CCCCCCOC(=O)n3ccnc3)CC2)=C(F)C=C1NC1CCC(=O)NC1=O. The standard InChI is InChI=1S/C26H37FN6O4/c1-19-16-23(20(27)17-22(19)29-21-6-7-24(34)30-25(21)35)32-13-11-31(12-14-32)9-4-2-3-5-15-37-26(36)33-10-8-28-18-33/h8,10,17-19,21,29H,2-7,9,11-16H2,1H3,(H,30,34,35). The van der Waals surface area contributed by atoms with Gasteiger partial charge < -0.3 is 15.0 Å².